The molecule has 0 bridgehead atoms. The lowest BCUT2D eigenvalue weighted by Crippen LogP contribution is -2.67. The predicted octanol–water partition coefficient (Wildman–Crippen LogP) is 6.15. The molecule has 0 aromatic heterocycles. The number of allylic oxidation sites excluding steroid dienone is 2. The summed E-state index contributed by atoms with van der Waals surface area (Å²) in [6.45, 7) is 15.5. The molecule has 3 unspecified atom stereocenters. The number of carbonyl (C=O) groups is 4. The van der Waals surface area contributed by atoms with Gasteiger partial charge in [-0.15, -0.1) is 0 Å². The molecular weight excluding hydrogens is 548 g/mol. The Morgan fingerprint density at radius 1 is 0.860 bits per heavy atom. The van der Waals surface area contributed by atoms with Crippen LogP contribution in [0.3, 0.4) is 0 Å². The molecule has 1 N–H and O–H groups in total. The maximum absolute atomic E-state index is 14.5. The molecule has 5 aliphatic carbocycles. The smallest absolute Gasteiger partial charge is 0.346 e. The predicted molar refractivity (Wildman–Crippen MR) is 160 cm³/mol. The molecule has 4 saturated carbocycles. The Hall–Kier alpha value is -2.22. The molecule has 240 valence electrons. The van der Waals surface area contributed by atoms with Crippen molar-refractivity contribution in [1.82, 2.24) is 0 Å². The number of ketones is 1. The highest BCUT2D eigenvalue weighted by molar-refractivity contribution is 5.98. The van der Waals surface area contributed by atoms with Crippen LogP contribution in [0.5, 0.6) is 0 Å². The lowest BCUT2D eigenvalue weighted by molar-refractivity contribution is -0.220. The molecule has 0 aliphatic heterocycles. The highest BCUT2D eigenvalue weighted by Crippen LogP contribution is 2.75. The molecule has 0 spiro atoms. The van der Waals surface area contributed by atoms with Crippen molar-refractivity contribution >= 4 is 23.7 Å². The first kappa shape index (κ1) is 32.2. The van der Waals surface area contributed by atoms with Gasteiger partial charge in [0, 0.05) is 5.92 Å². The first-order chi connectivity index (χ1) is 19.8. The molecule has 5 aliphatic rings. The van der Waals surface area contributed by atoms with Gasteiger partial charge in [0.25, 0.3) is 6.10 Å². The van der Waals surface area contributed by atoms with Gasteiger partial charge in [0.15, 0.2) is 5.78 Å². The van der Waals surface area contributed by atoms with Crippen molar-refractivity contribution in [2.45, 2.75) is 118 Å². The molecule has 0 aromatic carbocycles. The largest absolute Gasteiger partial charge is 0.481 e. The maximum atomic E-state index is 14.5. The standard InChI is InChI=1S/C35H52O8/c1-30(2)23-10-13-35(7)26(33(23,5)12-11-24(30)43-25(27(37)41-8)28(38)42-9)22(36)18-20-21-19-32(4,29(39)40)15-14-31(21,3)16-17-34(20,35)6/h18,21,23-26H,10-17,19H2,1-9H3,(H,39,40)/t21?,23-,24?,26?,31+,32-,33-,34+,35+/m0/s1. The van der Waals surface area contributed by atoms with Gasteiger partial charge in [-0.3, -0.25) is 9.59 Å². The van der Waals surface area contributed by atoms with Gasteiger partial charge in [0.05, 0.1) is 25.7 Å². The average Bonchev–Trinajstić information content (AvgIpc) is 2.93. The van der Waals surface area contributed by atoms with Crippen LogP contribution < -0.4 is 0 Å². The fourth-order valence-electron chi connectivity index (χ4n) is 11.2. The Morgan fingerprint density at radius 3 is 2.05 bits per heavy atom. The lowest BCUT2D eigenvalue weighted by atomic mass is 9.33. The van der Waals surface area contributed by atoms with E-state index in [-0.39, 0.29) is 51.3 Å². The van der Waals surface area contributed by atoms with Crippen LogP contribution in [0.15, 0.2) is 11.6 Å². The fraction of sp³-hybridized carbons (Fsp3) is 0.829. The monoisotopic (exact) mass is 600 g/mol. The molecule has 9 atom stereocenters. The van der Waals surface area contributed by atoms with Crippen LogP contribution in [0.2, 0.25) is 0 Å². The van der Waals surface area contributed by atoms with Crippen LogP contribution >= 0.6 is 0 Å². The topological polar surface area (TPSA) is 116 Å². The first-order valence-electron chi connectivity index (χ1n) is 16.1. The minimum Gasteiger partial charge on any atom is -0.481 e. The summed E-state index contributed by atoms with van der Waals surface area (Å²) >= 11 is 0. The number of carboxylic acids is 1. The Labute approximate surface area is 256 Å². The van der Waals surface area contributed by atoms with Crippen molar-refractivity contribution < 1.29 is 38.5 Å². The van der Waals surface area contributed by atoms with Gasteiger partial charge in [-0.05, 0) is 110 Å². The van der Waals surface area contributed by atoms with E-state index in [0.717, 1.165) is 38.5 Å². The summed E-state index contributed by atoms with van der Waals surface area (Å²) < 4.78 is 15.9. The second kappa shape index (κ2) is 10.1. The van der Waals surface area contributed by atoms with Crippen LogP contribution in [-0.4, -0.2) is 55.2 Å². The second-order valence-corrected chi connectivity index (χ2v) is 16.5. The number of methoxy groups -OCH3 is 2. The quantitative estimate of drug-likeness (QED) is 0.295. The minimum absolute atomic E-state index is 0.0120. The Bertz CT molecular complexity index is 1240. The van der Waals surface area contributed by atoms with Crippen molar-refractivity contribution in [2.24, 2.45) is 50.2 Å². The van der Waals surface area contributed by atoms with E-state index in [4.69, 9.17) is 14.2 Å². The van der Waals surface area contributed by atoms with Crippen LogP contribution in [0.1, 0.15) is 106 Å². The first-order valence-corrected chi connectivity index (χ1v) is 16.1. The van der Waals surface area contributed by atoms with Crippen molar-refractivity contribution in [3.8, 4) is 0 Å². The lowest BCUT2D eigenvalue weighted by Gasteiger charge is -2.70. The van der Waals surface area contributed by atoms with E-state index < -0.39 is 34.8 Å². The summed E-state index contributed by atoms with van der Waals surface area (Å²) in [5.74, 6) is -2.05. The number of ether oxygens (including phenoxy) is 3. The number of carboxylic acid groups (broad SMARTS) is 1. The number of hydrogen-bond acceptors (Lipinski definition) is 7. The molecule has 0 heterocycles. The number of esters is 2. The van der Waals surface area contributed by atoms with Crippen LogP contribution in [0.4, 0.5) is 0 Å². The van der Waals surface area contributed by atoms with Gasteiger partial charge in [-0.25, -0.2) is 9.59 Å². The van der Waals surface area contributed by atoms with Crippen LogP contribution in [0, 0.1) is 50.2 Å². The summed E-state index contributed by atoms with van der Waals surface area (Å²) in [6, 6.07) is 0. The average molecular weight is 601 g/mol. The number of fused-ring (bicyclic) bond motifs is 7. The normalized spacial score (nSPS) is 45.1. The second-order valence-electron chi connectivity index (χ2n) is 16.5. The zero-order valence-electron chi connectivity index (χ0n) is 27.6. The molecule has 0 saturated heterocycles. The Kier molecular flexibility index (Phi) is 7.59. The van der Waals surface area contributed by atoms with Gasteiger partial charge in [-0.1, -0.05) is 47.1 Å². The van der Waals surface area contributed by atoms with Crippen molar-refractivity contribution in [3.05, 3.63) is 11.6 Å². The molecule has 0 radical (unpaired) electrons. The van der Waals surface area contributed by atoms with Gasteiger partial charge in [0.2, 0.25) is 0 Å². The SMILES string of the molecule is COC(=O)C(OC1CC[C@]2(C)C3C(=O)C=C4C5C[C@@](C)(C(=O)O)CC[C@]5(C)CC[C@@]4(C)[C@]3(C)CC[C@H]2C1(C)C)C(=O)OC. The number of carbonyl (C=O) groups excluding carboxylic acids is 3. The molecular formula is C35H52O8. The minimum atomic E-state index is -1.44. The van der Waals surface area contributed by atoms with E-state index in [1.807, 2.05) is 13.0 Å². The van der Waals surface area contributed by atoms with Gasteiger partial charge in [0.1, 0.15) is 0 Å². The summed E-state index contributed by atoms with van der Waals surface area (Å²) in [7, 11) is 2.46. The van der Waals surface area contributed by atoms with Crippen molar-refractivity contribution in [3.63, 3.8) is 0 Å². The summed E-state index contributed by atoms with van der Waals surface area (Å²) in [6.07, 6.45) is 7.46. The Balaban J connectivity index is 1.51. The van der Waals surface area contributed by atoms with Gasteiger partial charge in [-0.2, -0.15) is 0 Å². The van der Waals surface area contributed by atoms with E-state index in [1.54, 1.807) is 0 Å². The third-order valence-corrected chi connectivity index (χ3v) is 14.2. The van der Waals surface area contributed by atoms with Crippen molar-refractivity contribution in [2.75, 3.05) is 14.2 Å². The fourth-order valence-corrected chi connectivity index (χ4v) is 11.2. The number of aliphatic carboxylic acids is 1. The van der Waals surface area contributed by atoms with E-state index in [9.17, 15) is 24.3 Å². The molecule has 43 heavy (non-hydrogen) atoms. The highest BCUT2D eigenvalue weighted by Gasteiger charge is 2.70. The molecule has 4 fully saturated rings. The maximum Gasteiger partial charge on any atom is 0.346 e. The molecule has 0 aromatic rings. The summed E-state index contributed by atoms with van der Waals surface area (Å²) in [5, 5.41) is 10.2. The third kappa shape index (κ3) is 4.39. The van der Waals surface area contributed by atoms with Gasteiger partial charge >= 0.3 is 17.9 Å². The van der Waals surface area contributed by atoms with E-state index >= 15 is 0 Å². The molecule has 8 heteroatoms. The number of hydrogen-bond donors (Lipinski definition) is 1. The van der Waals surface area contributed by atoms with E-state index in [0.29, 0.717) is 19.3 Å². The van der Waals surface area contributed by atoms with Crippen molar-refractivity contribution in [1.29, 1.82) is 0 Å². The molecule has 8 nitrogen and oxygen atoms in total. The zero-order valence-corrected chi connectivity index (χ0v) is 27.6. The van der Waals surface area contributed by atoms with E-state index in [2.05, 4.69) is 41.5 Å². The highest BCUT2D eigenvalue weighted by atomic mass is 16.6. The molecule has 5 rings (SSSR count). The Morgan fingerprint density at radius 2 is 1.47 bits per heavy atom. The van der Waals surface area contributed by atoms with Crippen LogP contribution in [0.25, 0.3) is 0 Å². The van der Waals surface area contributed by atoms with Crippen LogP contribution in [-0.2, 0) is 33.4 Å². The number of rotatable bonds is 5. The van der Waals surface area contributed by atoms with Gasteiger partial charge < -0.3 is 19.3 Å². The zero-order chi connectivity index (χ0) is 32.0. The summed E-state index contributed by atoms with van der Waals surface area (Å²) in [4.78, 5) is 51.8. The van der Waals surface area contributed by atoms with E-state index in [1.165, 1.54) is 19.8 Å². The molecule has 0 amide bonds. The summed E-state index contributed by atoms with van der Waals surface area (Å²) in [5.41, 5.74) is -0.735. The third-order valence-electron chi connectivity index (χ3n) is 14.2.